The van der Waals surface area contributed by atoms with E-state index in [4.69, 9.17) is 11.6 Å². The van der Waals surface area contributed by atoms with Gasteiger partial charge in [-0.2, -0.15) is 5.10 Å². The Morgan fingerprint density at radius 3 is 2.54 bits per heavy atom. The van der Waals surface area contributed by atoms with Crippen LogP contribution in [0.25, 0.3) is 16.6 Å². The smallest absolute Gasteiger partial charge is 0.229 e. The Morgan fingerprint density at radius 1 is 1.03 bits per heavy atom. The number of nitrogens with zero attached hydrogens (tertiary/aromatic N) is 3. The summed E-state index contributed by atoms with van der Waals surface area (Å²) >= 11 is 6.29. The first-order chi connectivity index (χ1) is 17.0. The fraction of sp³-hybridized carbons (Fsp3) is 0.222. The average Bonchev–Trinajstić information content (AvgIpc) is 3.54. The number of hydrogen-bond acceptors (Lipinski definition) is 3. The molecule has 2 unspecified atom stereocenters. The molecule has 1 saturated heterocycles. The first-order valence-corrected chi connectivity index (χ1v) is 12.0. The normalized spacial score (nSPS) is 19.9. The summed E-state index contributed by atoms with van der Waals surface area (Å²) in [4.78, 5) is 27.6. The number of hydrogen-bond donors (Lipinski definition) is 1. The van der Waals surface area contributed by atoms with E-state index < -0.39 is 0 Å². The molecule has 6 rings (SSSR count). The third-order valence-corrected chi connectivity index (χ3v) is 6.92. The number of amides is 2. The van der Waals surface area contributed by atoms with Crippen molar-refractivity contribution < 1.29 is 14.0 Å². The maximum atomic E-state index is 13.4. The Kier molecular flexibility index (Phi) is 5.29. The van der Waals surface area contributed by atoms with Gasteiger partial charge in [0.25, 0.3) is 0 Å². The van der Waals surface area contributed by atoms with Crippen LogP contribution in [0.15, 0.2) is 72.9 Å². The molecule has 0 spiro atoms. The molecule has 2 amide bonds. The second kappa shape index (κ2) is 8.50. The molecule has 4 aromatic rings. The Bertz CT molecular complexity index is 1450. The lowest BCUT2D eigenvalue weighted by atomic mass is 9.99. The number of carbonyl (C=O) groups is 2. The lowest BCUT2D eigenvalue weighted by molar-refractivity contribution is -0.123. The first kappa shape index (κ1) is 21.8. The molecule has 1 saturated carbocycles. The minimum atomic E-state index is -0.381. The van der Waals surface area contributed by atoms with Gasteiger partial charge in [-0.3, -0.25) is 9.59 Å². The molecule has 6 nitrogen and oxygen atoms in total. The van der Waals surface area contributed by atoms with Crippen LogP contribution in [0.1, 0.15) is 30.9 Å². The van der Waals surface area contributed by atoms with Gasteiger partial charge in [0.2, 0.25) is 11.8 Å². The van der Waals surface area contributed by atoms with E-state index in [1.807, 2.05) is 36.4 Å². The van der Waals surface area contributed by atoms with Gasteiger partial charge in [-0.25, -0.2) is 9.07 Å². The van der Waals surface area contributed by atoms with Crippen molar-refractivity contribution >= 4 is 40.0 Å². The molecule has 8 heteroatoms. The maximum absolute atomic E-state index is 13.4. The van der Waals surface area contributed by atoms with Crippen molar-refractivity contribution in [2.45, 2.75) is 31.3 Å². The number of anilines is 1. The Balaban J connectivity index is 1.39. The summed E-state index contributed by atoms with van der Waals surface area (Å²) in [5, 5.41) is 9.00. The molecule has 176 valence electrons. The maximum Gasteiger partial charge on any atom is 0.229 e. The van der Waals surface area contributed by atoms with E-state index >= 15 is 0 Å². The highest BCUT2D eigenvalue weighted by molar-refractivity contribution is 6.30. The van der Waals surface area contributed by atoms with Crippen LogP contribution in [-0.2, 0) is 9.59 Å². The third kappa shape index (κ3) is 4.06. The van der Waals surface area contributed by atoms with Crippen LogP contribution in [0.5, 0.6) is 0 Å². The zero-order chi connectivity index (χ0) is 24.1. The largest absolute Gasteiger partial charge is 0.350 e. The third-order valence-electron chi connectivity index (χ3n) is 6.69. The summed E-state index contributed by atoms with van der Waals surface area (Å²) in [7, 11) is 0. The van der Waals surface area contributed by atoms with Gasteiger partial charge < -0.3 is 10.2 Å². The molecule has 1 aromatic heterocycles. The molecule has 3 aromatic carbocycles. The molecule has 2 heterocycles. The number of benzene rings is 3. The predicted octanol–water partition coefficient (Wildman–Crippen LogP) is 5.19. The zero-order valence-electron chi connectivity index (χ0n) is 18.7. The molecule has 0 radical (unpaired) electrons. The van der Waals surface area contributed by atoms with Crippen molar-refractivity contribution in [3.05, 3.63) is 89.3 Å². The molecule has 2 aliphatic rings. The van der Waals surface area contributed by atoms with E-state index in [0.717, 1.165) is 35.0 Å². The second-order valence-corrected chi connectivity index (χ2v) is 9.57. The summed E-state index contributed by atoms with van der Waals surface area (Å²) in [6.07, 6.45) is 3.73. The number of aromatic nitrogens is 2. The van der Waals surface area contributed by atoms with E-state index in [0.29, 0.717) is 10.7 Å². The predicted molar refractivity (Wildman–Crippen MR) is 132 cm³/mol. The van der Waals surface area contributed by atoms with Gasteiger partial charge in [-0.15, -0.1) is 0 Å². The minimum Gasteiger partial charge on any atom is -0.350 e. The number of carbonyl (C=O) groups excluding carboxylic acids is 2. The topological polar surface area (TPSA) is 67.2 Å². The quantitative estimate of drug-likeness (QED) is 0.420. The minimum absolute atomic E-state index is 0.00713. The van der Waals surface area contributed by atoms with Crippen molar-refractivity contribution in [3.63, 3.8) is 0 Å². The molecule has 2 atom stereocenters. The summed E-state index contributed by atoms with van der Waals surface area (Å²) < 4.78 is 15.1. The van der Waals surface area contributed by atoms with Crippen molar-refractivity contribution in [1.82, 2.24) is 15.1 Å². The van der Waals surface area contributed by atoms with Crippen LogP contribution in [0.4, 0.5) is 10.1 Å². The molecule has 0 bridgehead atoms. The van der Waals surface area contributed by atoms with Crippen molar-refractivity contribution in [1.29, 1.82) is 0 Å². The Labute approximate surface area is 206 Å². The van der Waals surface area contributed by atoms with Crippen LogP contribution >= 0.6 is 11.6 Å². The number of nitrogens with one attached hydrogen (secondary N) is 1. The van der Waals surface area contributed by atoms with Gasteiger partial charge in [-0.1, -0.05) is 23.7 Å². The molecular weight excluding hydrogens is 467 g/mol. The number of fused-ring (bicyclic) bond motifs is 1. The van der Waals surface area contributed by atoms with Crippen LogP contribution in [0.3, 0.4) is 0 Å². The van der Waals surface area contributed by atoms with Crippen molar-refractivity contribution in [3.8, 4) is 5.69 Å². The summed E-state index contributed by atoms with van der Waals surface area (Å²) in [5.41, 5.74) is 3.16. The van der Waals surface area contributed by atoms with E-state index in [1.54, 1.807) is 34.0 Å². The molecular formula is C27H22ClFN4O2. The number of rotatable bonds is 5. The fourth-order valence-electron chi connectivity index (χ4n) is 4.84. The van der Waals surface area contributed by atoms with Gasteiger partial charge in [0.05, 0.1) is 29.5 Å². The van der Waals surface area contributed by atoms with E-state index in [2.05, 4.69) is 10.4 Å². The van der Waals surface area contributed by atoms with Gasteiger partial charge in [0.1, 0.15) is 5.82 Å². The molecule has 1 N–H and O–H groups in total. The van der Waals surface area contributed by atoms with Crippen molar-refractivity contribution in [2.75, 3.05) is 4.90 Å². The van der Waals surface area contributed by atoms with Crippen LogP contribution in [-0.4, -0.2) is 27.6 Å². The van der Waals surface area contributed by atoms with E-state index in [1.165, 1.54) is 12.1 Å². The Hall–Kier alpha value is -3.71. The van der Waals surface area contributed by atoms with Crippen LogP contribution < -0.4 is 10.2 Å². The highest BCUT2D eigenvalue weighted by Gasteiger charge is 2.44. The second-order valence-electron chi connectivity index (χ2n) is 9.13. The first-order valence-electron chi connectivity index (χ1n) is 11.6. The highest BCUT2D eigenvalue weighted by Crippen LogP contribution is 2.40. The standard InChI is InChI=1S/C27H22ClFN4O2/c28-19-3-1-2-17(12-19)26-23(31-27(35)16-4-5-16)14-25(34)32(26)22-10-11-24-18(13-22)15-30-33(24)21-8-6-20(29)7-9-21/h1-3,6-13,15-16,23,26H,4-5,14H2,(H,31,35). The summed E-state index contributed by atoms with van der Waals surface area (Å²) in [6.45, 7) is 0. The van der Waals surface area contributed by atoms with Crippen LogP contribution in [0.2, 0.25) is 5.02 Å². The van der Waals surface area contributed by atoms with Gasteiger partial charge >= 0.3 is 0 Å². The monoisotopic (exact) mass is 488 g/mol. The number of halogens is 2. The van der Waals surface area contributed by atoms with Crippen LogP contribution in [0, 0.1) is 11.7 Å². The zero-order valence-corrected chi connectivity index (χ0v) is 19.5. The average molecular weight is 489 g/mol. The van der Waals surface area contributed by atoms with Crippen molar-refractivity contribution in [2.24, 2.45) is 5.92 Å². The molecule has 1 aliphatic heterocycles. The van der Waals surface area contributed by atoms with Gasteiger partial charge in [-0.05, 0) is 73.0 Å². The van der Waals surface area contributed by atoms with E-state index in [9.17, 15) is 14.0 Å². The van der Waals surface area contributed by atoms with Gasteiger partial charge in [0.15, 0.2) is 0 Å². The molecule has 35 heavy (non-hydrogen) atoms. The molecule has 2 fully saturated rings. The summed E-state index contributed by atoms with van der Waals surface area (Å²) in [6, 6.07) is 18.5. The molecule has 1 aliphatic carbocycles. The lowest BCUT2D eigenvalue weighted by Gasteiger charge is -2.29. The SMILES string of the molecule is O=C(NC1CC(=O)N(c2ccc3c(cnn3-c3ccc(F)cc3)c2)C1c1cccc(Cl)c1)C1CC1. The highest BCUT2D eigenvalue weighted by atomic mass is 35.5. The Morgan fingerprint density at radius 2 is 1.80 bits per heavy atom. The fourth-order valence-corrected chi connectivity index (χ4v) is 5.04. The summed E-state index contributed by atoms with van der Waals surface area (Å²) in [5.74, 6) is -0.322. The lowest BCUT2D eigenvalue weighted by Crippen LogP contribution is -2.40. The van der Waals surface area contributed by atoms with E-state index in [-0.39, 0.29) is 42.1 Å². The van der Waals surface area contributed by atoms with Gasteiger partial charge in [0, 0.05) is 28.4 Å².